The predicted octanol–water partition coefficient (Wildman–Crippen LogP) is 0.0635. The molecule has 4 N–H and O–H groups in total. The van der Waals surface area contributed by atoms with E-state index in [2.05, 4.69) is 11.8 Å². The maximum atomic E-state index is 10.8. The van der Waals surface area contributed by atoms with E-state index in [1.54, 1.807) is 0 Å². The van der Waals surface area contributed by atoms with Crippen LogP contribution < -0.4 is 11.5 Å². The molecule has 1 aliphatic rings. The molecule has 0 radical (unpaired) electrons. The lowest BCUT2D eigenvalue weighted by atomic mass is 9.91. The van der Waals surface area contributed by atoms with Crippen molar-refractivity contribution in [3.63, 3.8) is 0 Å². The van der Waals surface area contributed by atoms with E-state index in [1.807, 2.05) is 0 Å². The second-order valence-corrected chi connectivity index (χ2v) is 4.10. The normalized spacial score (nSPS) is 27.9. The summed E-state index contributed by atoms with van der Waals surface area (Å²) in [6.45, 7) is 3.34. The summed E-state index contributed by atoms with van der Waals surface area (Å²) in [5, 5.41) is 0. The summed E-state index contributed by atoms with van der Waals surface area (Å²) in [7, 11) is 0. The van der Waals surface area contributed by atoms with Crippen LogP contribution in [-0.4, -0.2) is 36.0 Å². The average molecular weight is 199 g/mol. The van der Waals surface area contributed by atoms with Gasteiger partial charge in [0.1, 0.15) is 0 Å². The molecule has 14 heavy (non-hydrogen) atoms. The molecule has 0 atom stereocenters. The van der Waals surface area contributed by atoms with Crippen LogP contribution in [0.5, 0.6) is 0 Å². The average Bonchev–Trinajstić information content (AvgIpc) is 2.15. The van der Waals surface area contributed by atoms with Crippen LogP contribution in [0, 0.1) is 0 Å². The fourth-order valence-corrected chi connectivity index (χ4v) is 2.17. The second-order valence-electron chi connectivity index (χ2n) is 4.10. The van der Waals surface area contributed by atoms with Crippen LogP contribution in [-0.2, 0) is 4.79 Å². The summed E-state index contributed by atoms with van der Waals surface area (Å²) in [4.78, 5) is 13.0. The zero-order valence-electron chi connectivity index (χ0n) is 8.91. The molecule has 0 bridgehead atoms. The van der Waals surface area contributed by atoms with Crippen molar-refractivity contribution in [2.75, 3.05) is 13.1 Å². The summed E-state index contributed by atoms with van der Waals surface area (Å²) in [5.74, 6) is -0.235. The molecule has 1 amide bonds. The molecule has 0 aromatic carbocycles. The molecule has 1 rings (SSSR count). The Balaban J connectivity index is 2.40. The lowest BCUT2D eigenvalue weighted by Crippen LogP contribution is -2.44. The number of likely N-dealkylation sites (N-methyl/N-ethyl adjacent to an activating group) is 1. The minimum absolute atomic E-state index is 0.235. The minimum Gasteiger partial charge on any atom is -0.369 e. The number of carbonyl (C=O) groups excluding carboxylic acids is 1. The fourth-order valence-electron chi connectivity index (χ4n) is 2.17. The van der Waals surface area contributed by atoms with E-state index in [1.165, 1.54) is 0 Å². The number of amides is 1. The van der Waals surface area contributed by atoms with Crippen LogP contribution in [0.4, 0.5) is 0 Å². The van der Waals surface area contributed by atoms with Gasteiger partial charge < -0.3 is 11.5 Å². The molecule has 4 heteroatoms. The molecule has 0 aromatic heterocycles. The number of nitrogens with two attached hydrogens (primary N) is 2. The van der Waals surface area contributed by atoms with E-state index >= 15 is 0 Å². The molecule has 0 heterocycles. The summed E-state index contributed by atoms with van der Waals surface area (Å²) in [5.41, 5.74) is 11.0. The van der Waals surface area contributed by atoms with E-state index in [0.717, 1.165) is 32.2 Å². The Labute approximate surface area is 85.6 Å². The van der Waals surface area contributed by atoms with Gasteiger partial charge in [-0.25, -0.2) is 0 Å². The summed E-state index contributed by atoms with van der Waals surface area (Å²) >= 11 is 0. The molecule has 1 aliphatic carbocycles. The van der Waals surface area contributed by atoms with Crippen LogP contribution in [0.3, 0.4) is 0 Å². The first kappa shape index (κ1) is 11.5. The molecular formula is C10H21N3O. The fraction of sp³-hybridized carbons (Fsp3) is 0.900. The van der Waals surface area contributed by atoms with Crippen molar-refractivity contribution in [2.24, 2.45) is 11.5 Å². The van der Waals surface area contributed by atoms with Gasteiger partial charge in [-0.1, -0.05) is 6.92 Å². The minimum atomic E-state index is -0.235. The molecule has 1 saturated carbocycles. The molecule has 1 fully saturated rings. The molecule has 0 aromatic rings. The van der Waals surface area contributed by atoms with Gasteiger partial charge in [-0.2, -0.15) is 0 Å². The summed E-state index contributed by atoms with van der Waals surface area (Å²) in [6.07, 6.45) is 4.34. The molecule has 0 unspecified atom stereocenters. The van der Waals surface area contributed by atoms with Crippen molar-refractivity contribution >= 4 is 5.91 Å². The molecule has 0 saturated heterocycles. The van der Waals surface area contributed by atoms with Gasteiger partial charge >= 0.3 is 0 Å². The Kier molecular flexibility index (Phi) is 4.35. The lowest BCUT2D eigenvalue weighted by molar-refractivity contribution is -0.119. The van der Waals surface area contributed by atoms with Gasteiger partial charge in [0.15, 0.2) is 0 Å². The number of carbonyl (C=O) groups is 1. The van der Waals surface area contributed by atoms with Crippen LogP contribution >= 0.6 is 0 Å². The van der Waals surface area contributed by atoms with E-state index in [0.29, 0.717) is 18.6 Å². The van der Waals surface area contributed by atoms with E-state index in [4.69, 9.17) is 11.5 Å². The Hall–Kier alpha value is -0.610. The van der Waals surface area contributed by atoms with Crippen molar-refractivity contribution < 1.29 is 4.79 Å². The Morgan fingerprint density at radius 3 is 2.36 bits per heavy atom. The van der Waals surface area contributed by atoms with Crippen LogP contribution in [0.25, 0.3) is 0 Å². The topological polar surface area (TPSA) is 72.3 Å². The Morgan fingerprint density at radius 2 is 1.93 bits per heavy atom. The van der Waals surface area contributed by atoms with Gasteiger partial charge in [-0.05, 0) is 32.2 Å². The zero-order valence-corrected chi connectivity index (χ0v) is 8.91. The number of hydrogen-bond acceptors (Lipinski definition) is 3. The molecule has 0 aliphatic heterocycles. The van der Waals surface area contributed by atoms with Crippen molar-refractivity contribution in [1.82, 2.24) is 4.90 Å². The maximum absolute atomic E-state index is 10.8. The van der Waals surface area contributed by atoms with Gasteiger partial charge in [-0.3, -0.25) is 9.69 Å². The highest BCUT2D eigenvalue weighted by Crippen LogP contribution is 2.21. The van der Waals surface area contributed by atoms with Crippen molar-refractivity contribution in [2.45, 2.75) is 44.7 Å². The monoisotopic (exact) mass is 199 g/mol. The number of nitrogens with zero attached hydrogens (tertiary/aromatic N) is 1. The third-order valence-corrected chi connectivity index (χ3v) is 3.02. The zero-order chi connectivity index (χ0) is 10.6. The predicted molar refractivity (Wildman–Crippen MR) is 56.7 cm³/mol. The second kappa shape index (κ2) is 5.32. The Bertz CT molecular complexity index is 188. The first-order valence-electron chi connectivity index (χ1n) is 5.41. The standard InChI is InChI=1S/C10H21N3O/c1-2-13(7-10(12)14)9-5-3-8(11)4-6-9/h8-9H,2-7,11H2,1H3,(H2,12,14). The molecule has 0 spiro atoms. The van der Waals surface area contributed by atoms with E-state index < -0.39 is 0 Å². The van der Waals surface area contributed by atoms with E-state index in [-0.39, 0.29) is 5.91 Å². The quantitative estimate of drug-likeness (QED) is 0.672. The number of hydrogen-bond donors (Lipinski definition) is 2. The van der Waals surface area contributed by atoms with Crippen molar-refractivity contribution in [3.05, 3.63) is 0 Å². The smallest absolute Gasteiger partial charge is 0.231 e. The van der Waals surface area contributed by atoms with Crippen LogP contribution in [0.2, 0.25) is 0 Å². The highest BCUT2D eigenvalue weighted by atomic mass is 16.1. The molecule has 4 nitrogen and oxygen atoms in total. The largest absolute Gasteiger partial charge is 0.369 e. The van der Waals surface area contributed by atoms with E-state index in [9.17, 15) is 4.79 Å². The number of primary amides is 1. The third-order valence-electron chi connectivity index (χ3n) is 3.02. The molecule has 82 valence electrons. The summed E-state index contributed by atoms with van der Waals surface area (Å²) < 4.78 is 0. The highest BCUT2D eigenvalue weighted by Gasteiger charge is 2.23. The van der Waals surface area contributed by atoms with Gasteiger partial charge in [0.05, 0.1) is 6.54 Å². The number of rotatable bonds is 4. The van der Waals surface area contributed by atoms with Crippen LogP contribution in [0.1, 0.15) is 32.6 Å². The van der Waals surface area contributed by atoms with Crippen molar-refractivity contribution in [1.29, 1.82) is 0 Å². The van der Waals surface area contributed by atoms with Gasteiger partial charge in [-0.15, -0.1) is 0 Å². The Morgan fingerprint density at radius 1 is 1.36 bits per heavy atom. The molecular weight excluding hydrogens is 178 g/mol. The van der Waals surface area contributed by atoms with Crippen molar-refractivity contribution in [3.8, 4) is 0 Å². The highest BCUT2D eigenvalue weighted by molar-refractivity contribution is 5.75. The third kappa shape index (κ3) is 3.27. The van der Waals surface area contributed by atoms with Crippen LogP contribution in [0.15, 0.2) is 0 Å². The van der Waals surface area contributed by atoms with Gasteiger partial charge in [0, 0.05) is 12.1 Å². The maximum Gasteiger partial charge on any atom is 0.231 e. The lowest BCUT2D eigenvalue weighted by Gasteiger charge is -2.34. The van der Waals surface area contributed by atoms with Gasteiger partial charge in [0.2, 0.25) is 5.91 Å². The first-order valence-corrected chi connectivity index (χ1v) is 5.41. The van der Waals surface area contributed by atoms with Gasteiger partial charge in [0.25, 0.3) is 0 Å². The first-order chi connectivity index (χ1) is 6.63. The summed E-state index contributed by atoms with van der Waals surface area (Å²) in [6, 6.07) is 0.867. The SMILES string of the molecule is CCN(CC(N)=O)C1CCC(N)CC1.